The Hall–Kier alpha value is -1.97. The number of nitrogens with zero attached hydrogens (tertiary/aromatic N) is 1. The first-order valence-electron chi connectivity index (χ1n) is 7.87. The first-order chi connectivity index (χ1) is 10.7. The van der Waals surface area contributed by atoms with Crippen molar-refractivity contribution in [3.8, 4) is 0 Å². The molecule has 0 unspecified atom stereocenters. The minimum absolute atomic E-state index is 0.187. The maximum absolute atomic E-state index is 12.1. The highest BCUT2D eigenvalue weighted by atomic mass is 16.6. The third kappa shape index (κ3) is 3.26. The number of carbonyl (C=O) groups is 1. The fraction of sp³-hybridized carbons (Fsp3) is 0.500. The minimum atomic E-state index is -0.187. The zero-order valence-corrected chi connectivity index (χ0v) is 13.1. The molecule has 2 fully saturated rings. The zero-order chi connectivity index (χ0) is 15.4. The molecule has 0 aromatic heterocycles. The molecule has 1 aliphatic carbocycles. The van der Waals surface area contributed by atoms with E-state index < -0.39 is 0 Å². The van der Waals surface area contributed by atoms with E-state index in [0.29, 0.717) is 12.0 Å². The maximum Gasteiger partial charge on any atom is 0.410 e. The van der Waals surface area contributed by atoms with Gasteiger partial charge in [-0.15, -0.1) is 0 Å². The molecule has 1 saturated heterocycles. The fourth-order valence-electron chi connectivity index (χ4n) is 3.41. The number of hydrogen-bond acceptors (Lipinski definition) is 3. The Kier molecular flexibility index (Phi) is 4.36. The van der Waals surface area contributed by atoms with Gasteiger partial charge in [0.2, 0.25) is 0 Å². The van der Waals surface area contributed by atoms with E-state index in [1.165, 1.54) is 5.57 Å². The normalized spacial score (nSPS) is 19.5. The van der Waals surface area contributed by atoms with Crippen molar-refractivity contribution in [1.82, 2.24) is 4.90 Å². The van der Waals surface area contributed by atoms with Crippen LogP contribution in [-0.4, -0.2) is 31.2 Å². The van der Waals surface area contributed by atoms with Gasteiger partial charge in [-0.2, -0.15) is 0 Å². The van der Waals surface area contributed by atoms with Crippen molar-refractivity contribution in [3.05, 3.63) is 47.7 Å². The predicted molar refractivity (Wildman–Crippen MR) is 84.2 cm³/mol. The summed E-state index contributed by atoms with van der Waals surface area (Å²) in [6, 6.07) is 9.80. The van der Waals surface area contributed by atoms with Gasteiger partial charge in [-0.1, -0.05) is 30.3 Å². The summed E-state index contributed by atoms with van der Waals surface area (Å²) in [5.74, 6) is 0. The number of likely N-dealkylation sites (tertiary alicyclic amines) is 1. The molecule has 1 aliphatic heterocycles. The molecule has 4 heteroatoms. The molecule has 22 heavy (non-hydrogen) atoms. The molecule has 3 rings (SSSR count). The Morgan fingerprint density at radius 2 is 1.91 bits per heavy atom. The van der Waals surface area contributed by atoms with Gasteiger partial charge in [0.15, 0.2) is 0 Å². The molecule has 0 radical (unpaired) electrons. The van der Waals surface area contributed by atoms with Crippen LogP contribution in [0.2, 0.25) is 0 Å². The van der Waals surface area contributed by atoms with Crippen LogP contribution in [-0.2, 0) is 16.1 Å². The minimum Gasteiger partial charge on any atom is -0.504 e. The second kappa shape index (κ2) is 6.42. The van der Waals surface area contributed by atoms with E-state index in [1.54, 1.807) is 7.11 Å². The van der Waals surface area contributed by atoms with Gasteiger partial charge >= 0.3 is 6.09 Å². The second-order valence-corrected chi connectivity index (χ2v) is 6.41. The van der Waals surface area contributed by atoms with Gasteiger partial charge in [0.25, 0.3) is 0 Å². The molecular formula is C18H23NO3. The monoisotopic (exact) mass is 301 g/mol. The van der Waals surface area contributed by atoms with Crippen molar-refractivity contribution in [3.63, 3.8) is 0 Å². The van der Waals surface area contributed by atoms with E-state index in [1.807, 2.05) is 41.5 Å². The molecule has 4 nitrogen and oxygen atoms in total. The molecule has 1 saturated carbocycles. The van der Waals surface area contributed by atoms with Crippen molar-refractivity contribution in [2.75, 3.05) is 20.2 Å². The summed E-state index contributed by atoms with van der Waals surface area (Å²) < 4.78 is 10.5. The molecule has 1 amide bonds. The Morgan fingerprint density at radius 1 is 1.23 bits per heavy atom. The van der Waals surface area contributed by atoms with Crippen LogP contribution in [0.5, 0.6) is 0 Å². The summed E-state index contributed by atoms with van der Waals surface area (Å²) in [7, 11) is 1.70. The third-order valence-corrected chi connectivity index (χ3v) is 4.75. The summed E-state index contributed by atoms with van der Waals surface area (Å²) in [6.07, 6.45) is 6.14. The smallest absolute Gasteiger partial charge is 0.410 e. The average Bonchev–Trinajstić information content (AvgIpc) is 2.53. The highest BCUT2D eigenvalue weighted by Crippen LogP contribution is 2.45. The zero-order valence-electron chi connectivity index (χ0n) is 13.1. The molecule has 1 heterocycles. The Bertz CT molecular complexity index is 535. The van der Waals surface area contributed by atoms with Crippen molar-refractivity contribution >= 4 is 6.09 Å². The number of carbonyl (C=O) groups excluding carboxylic acids is 1. The van der Waals surface area contributed by atoms with Crippen LogP contribution in [0.3, 0.4) is 0 Å². The molecule has 0 N–H and O–H groups in total. The molecule has 1 aromatic rings. The Labute approximate surface area is 131 Å². The van der Waals surface area contributed by atoms with Crippen LogP contribution in [0.25, 0.3) is 0 Å². The van der Waals surface area contributed by atoms with Crippen LogP contribution in [0, 0.1) is 5.41 Å². The van der Waals surface area contributed by atoms with E-state index in [-0.39, 0.29) is 6.09 Å². The van der Waals surface area contributed by atoms with Crippen molar-refractivity contribution < 1.29 is 14.3 Å². The largest absolute Gasteiger partial charge is 0.504 e. The van der Waals surface area contributed by atoms with Crippen LogP contribution < -0.4 is 0 Å². The summed E-state index contributed by atoms with van der Waals surface area (Å²) in [6.45, 7) is 2.02. The number of benzene rings is 1. The van der Waals surface area contributed by atoms with E-state index in [2.05, 4.69) is 0 Å². The lowest BCUT2D eigenvalue weighted by Gasteiger charge is -2.51. The van der Waals surface area contributed by atoms with Crippen molar-refractivity contribution in [2.45, 2.75) is 32.3 Å². The Balaban J connectivity index is 1.43. The van der Waals surface area contributed by atoms with Gasteiger partial charge < -0.3 is 14.4 Å². The number of amides is 1. The SMILES string of the molecule is COC=C1CCC2(CC1)CN(C(=O)OCc1ccccc1)C2. The highest BCUT2D eigenvalue weighted by Gasteiger charge is 2.46. The lowest BCUT2D eigenvalue weighted by molar-refractivity contribution is -0.0217. The third-order valence-electron chi connectivity index (χ3n) is 4.75. The summed E-state index contributed by atoms with van der Waals surface area (Å²) in [5, 5.41) is 0. The van der Waals surface area contributed by atoms with Gasteiger partial charge in [-0.05, 0) is 36.8 Å². The molecular weight excluding hydrogens is 278 g/mol. The predicted octanol–water partition coefficient (Wildman–Crippen LogP) is 3.73. The maximum atomic E-state index is 12.1. The fourth-order valence-corrected chi connectivity index (χ4v) is 3.41. The first kappa shape index (κ1) is 14.9. The topological polar surface area (TPSA) is 38.8 Å². The van der Waals surface area contributed by atoms with Gasteiger partial charge in [-0.3, -0.25) is 0 Å². The van der Waals surface area contributed by atoms with Crippen LogP contribution in [0.1, 0.15) is 31.2 Å². The standard InChI is InChI=1S/C18H23NO3/c1-21-11-16-7-9-18(10-8-16)13-19(14-18)17(20)22-12-15-5-3-2-4-6-15/h2-6,11H,7-10,12-14H2,1H3. The van der Waals surface area contributed by atoms with Crippen molar-refractivity contribution in [2.24, 2.45) is 5.41 Å². The molecule has 1 aromatic carbocycles. The Morgan fingerprint density at radius 3 is 2.55 bits per heavy atom. The molecule has 118 valence electrons. The van der Waals surface area contributed by atoms with Crippen LogP contribution in [0.15, 0.2) is 42.2 Å². The second-order valence-electron chi connectivity index (χ2n) is 6.41. The van der Waals surface area contributed by atoms with E-state index >= 15 is 0 Å². The summed E-state index contributed by atoms with van der Waals surface area (Å²) in [5.41, 5.74) is 2.73. The molecule has 2 aliphatic rings. The number of ether oxygens (including phenoxy) is 2. The van der Waals surface area contributed by atoms with E-state index in [0.717, 1.165) is 44.3 Å². The first-order valence-corrected chi connectivity index (χ1v) is 7.87. The van der Waals surface area contributed by atoms with Crippen LogP contribution >= 0.6 is 0 Å². The highest BCUT2D eigenvalue weighted by molar-refractivity contribution is 5.69. The van der Waals surface area contributed by atoms with Gasteiger partial charge in [0.05, 0.1) is 13.4 Å². The number of hydrogen-bond donors (Lipinski definition) is 0. The average molecular weight is 301 g/mol. The summed E-state index contributed by atoms with van der Waals surface area (Å²) in [4.78, 5) is 13.9. The molecule has 0 atom stereocenters. The lowest BCUT2D eigenvalue weighted by atomic mass is 9.68. The van der Waals surface area contributed by atoms with Crippen molar-refractivity contribution in [1.29, 1.82) is 0 Å². The molecule has 1 spiro atoms. The number of allylic oxidation sites excluding steroid dienone is 1. The van der Waals surface area contributed by atoms with E-state index in [4.69, 9.17) is 9.47 Å². The molecule has 0 bridgehead atoms. The lowest BCUT2D eigenvalue weighted by Crippen LogP contribution is -2.59. The van der Waals surface area contributed by atoms with Crippen LogP contribution in [0.4, 0.5) is 4.79 Å². The summed E-state index contributed by atoms with van der Waals surface area (Å²) >= 11 is 0. The van der Waals surface area contributed by atoms with E-state index in [9.17, 15) is 4.79 Å². The quantitative estimate of drug-likeness (QED) is 0.799. The van der Waals surface area contributed by atoms with Gasteiger partial charge in [0.1, 0.15) is 6.61 Å². The number of rotatable bonds is 3. The van der Waals surface area contributed by atoms with Gasteiger partial charge in [0, 0.05) is 18.5 Å². The van der Waals surface area contributed by atoms with Gasteiger partial charge in [-0.25, -0.2) is 4.79 Å². The number of methoxy groups -OCH3 is 1.